The summed E-state index contributed by atoms with van der Waals surface area (Å²) in [5.74, 6) is -1.30. The Balaban J connectivity index is 1.67. The number of nitrogens with zero attached hydrogens (tertiary/aromatic N) is 5. The number of β-lactam (4-membered cyclic amide) rings is 1. The lowest BCUT2D eigenvalue weighted by molar-refractivity contribution is -0.166. The van der Waals surface area contributed by atoms with E-state index >= 15 is 0 Å². The number of carboxylic acid groups (broad SMARTS) is 1. The number of hydrogen-bond acceptors (Lipinski definition) is 8. The van der Waals surface area contributed by atoms with Gasteiger partial charge in [0.15, 0.2) is 6.04 Å². The largest absolute Gasteiger partial charge is 0.480 e. The molecule has 3 heterocycles. The highest BCUT2D eigenvalue weighted by molar-refractivity contribution is 8.18. The number of carbonyl (C=O) groups excluding carboxylic acids is 1. The van der Waals surface area contributed by atoms with Gasteiger partial charge >= 0.3 is 5.97 Å². The lowest BCUT2D eigenvalue weighted by atomic mass is 9.91. The van der Waals surface area contributed by atoms with Gasteiger partial charge in [0.2, 0.25) is 5.91 Å². The highest BCUT2D eigenvalue weighted by Gasteiger charge is 2.61. The highest BCUT2D eigenvalue weighted by atomic mass is 32.2. The van der Waals surface area contributed by atoms with Gasteiger partial charge < -0.3 is 15.1 Å². The normalized spacial score (nSPS) is 30.9. The fourth-order valence-electron chi connectivity index (χ4n) is 2.78. The molecule has 2 N–H and O–H groups in total. The van der Waals surface area contributed by atoms with E-state index in [0.29, 0.717) is 5.75 Å². The van der Waals surface area contributed by atoms with Crippen molar-refractivity contribution in [2.45, 2.75) is 35.9 Å². The van der Waals surface area contributed by atoms with E-state index < -0.39 is 24.0 Å². The zero-order valence-electron chi connectivity index (χ0n) is 13.0. The van der Waals surface area contributed by atoms with Crippen LogP contribution in [0.1, 0.15) is 13.8 Å². The summed E-state index contributed by atoms with van der Waals surface area (Å²) in [7, 11) is 0. The molecule has 0 saturated carbocycles. The van der Waals surface area contributed by atoms with E-state index in [-0.39, 0.29) is 15.9 Å². The quantitative estimate of drug-likeness (QED) is 0.526. The van der Waals surface area contributed by atoms with E-state index in [1.807, 2.05) is 6.92 Å². The second kappa shape index (κ2) is 6.73. The number of aliphatic hydroxyl groups excluding tert-OH is 1. The Morgan fingerprint density at radius 1 is 1.50 bits per heavy atom. The number of hydrogen-bond donors (Lipinski definition) is 2. The number of amides is 1. The molecule has 0 radical (unpaired) electrons. The van der Waals surface area contributed by atoms with Crippen molar-refractivity contribution in [2.24, 2.45) is 11.0 Å². The Bertz CT molecular complexity index is 665. The van der Waals surface area contributed by atoms with E-state index in [1.165, 1.54) is 45.8 Å². The SMILES string of the molecule is CC(CSC1S[C@@H]2[C@@H](C(C)O)C(=O)N2C1C(=O)O)=Nn1cnnc1. The number of carbonyl (C=O) groups is 2. The molecule has 1 aromatic heterocycles. The van der Waals surface area contributed by atoms with Crippen LogP contribution in [-0.4, -0.2) is 75.4 Å². The maximum atomic E-state index is 12.1. The van der Waals surface area contributed by atoms with Crippen molar-refractivity contribution in [1.29, 1.82) is 0 Å². The Kier molecular flexibility index (Phi) is 4.83. The highest BCUT2D eigenvalue weighted by Crippen LogP contribution is 2.51. The van der Waals surface area contributed by atoms with Crippen molar-refractivity contribution in [3.05, 3.63) is 12.7 Å². The number of aromatic nitrogens is 3. The molecule has 5 atom stereocenters. The van der Waals surface area contributed by atoms with Crippen LogP contribution in [0.2, 0.25) is 0 Å². The molecule has 2 aliphatic rings. The molecule has 3 unspecified atom stereocenters. The average Bonchev–Trinajstić information content (AvgIpc) is 3.10. The maximum Gasteiger partial charge on any atom is 0.328 e. The van der Waals surface area contributed by atoms with Gasteiger partial charge in [-0.2, -0.15) is 5.10 Å². The summed E-state index contributed by atoms with van der Waals surface area (Å²) in [6, 6.07) is -0.879. The van der Waals surface area contributed by atoms with Gasteiger partial charge in [-0.1, -0.05) is 0 Å². The molecule has 9 nitrogen and oxygen atoms in total. The molecule has 2 aliphatic heterocycles. The van der Waals surface area contributed by atoms with Gasteiger partial charge in [-0.3, -0.25) is 4.79 Å². The first-order valence-electron chi connectivity index (χ1n) is 7.29. The van der Waals surface area contributed by atoms with Gasteiger partial charge in [0.25, 0.3) is 0 Å². The Morgan fingerprint density at radius 2 is 2.17 bits per heavy atom. The van der Waals surface area contributed by atoms with Crippen molar-refractivity contribution < 1.29 is 19.8 Å². The van der Waals surface area contributed by atoms with E-state index in [1.54, 1.807) is 6.92 Å². The first-order chi connectivity index (χ1) is 11.4. The molecule has 0 aromatic carbocycles. The van der Waals surface area contributed by atoms with Gasteiger partial charge in [-0.25, -0.2) is 9.47 Å². The molecular weight excluding hydrogens is 354 g/mol. The summed E-state index contributed by atoms with van der Waals surface area (Å²) in [5, 5.41) is 30.5. The summed E-state index contributed by atoms with van der Waals surface area (Å²) < 4.78 is 1.18. The summed E-state index contributed by atoms with van der Waals surface area (Å²) >= 11 is 2.86. The fraction of sp³-hybridized carbons (Fsp3) is 0.615. The number of aliphatic hydroxyl groups is 1. The minimum atomic E-state index is -1.02. The standard InChI is InChI=1S/C13H17N5O4S2/c1-6(16-17-4-14-15-5-17)3-23-13-9(12(21)22)18-10(20)8(7(2)19)11(18)24-13/h4-5,7-9,11,13,19H,3H2,1-2H3,(H,21,22)/t7?,8-,9?,11+,13?/m0/s1. The van der Waals surface area contributed by atoms with Crippen LogP contribution >= 0.6 is 23.5 Å². The fourth-order valence-corrected chi connectivity index (χ4v) is 6.09. The molecule has 1 amide bonds. The summed E-state index contributed by atoms with van der Waals surface area (Å²) in [5.41, 5.74) is 0.789. The van der Waals surface area contributed by atoms with Crippen LogP contribution in [-0.2, 0) is 9.59 Å². The molecule has 2 saturated heterocycles. The Hall–Kier alpha value is -1.59. The minimum Gasteiger partial charge on any atom is -0.480 e. The van der Waals surface area contributed by atoms with Gasteiger partial charge in [0, 0.05) is 11.5 Å². The first-order valence-corrected chi connectivity index (χ1v) is 9.28. The van der Waals surface area contributed by atoms with Crippen molar-refractivity contribution in [2.75, 3.05) is 5.75 Å². The molecule has 130 valence electrons. The van der Waals surface area contributed by atoms with Crippen molar-refractivity contribution >= 4 is 41.1 Å². The summed E-state index contributed by atoms with van der Waals surface area (Å²) in [4.78, 5) is 25.1. The predicted molar refractivity (Wildman–Crippen MR) is 89.6 cm³/mol. The smallest absolute Gasteiger partial charge is 0.328 e. The third-order valence-corrected chi connectivity index (χ3v) is 7.11. The van der Waals surface area contributed by atoms with Crippen LogP contribution < -0.4 is 0 Å². The molecule has 0 spiro atoms. The van der Waals surface area contributed by atoms with Crippen LogP contribution in [0.25, 0.3) is 0 Å². The van der Waals surface area contributed by atoms with Gasteiger partial charge in [-0.15, -0.1) is 33.7 Å². The summed E-state index contributed by atoms with van der Waals surface area (Å²) in [6.45, 7) is 3.40. The Morgan fingerprint density at radius 3 is 2.75 bits per heavy atom. The third-order valence-electron chi connectivity index (χ3n) is 3.87. The van der Waals surface area contributed by atoms with E-state index in [0.717, 1.165) is 5.71 Å². The van der Waals surface area contributed by atoms with Crippen molar-refractivity contribution in [1.82, 2.24) is 19.8 Å². The lowest BCUT2D eigenvalue weighted by Crippen LogP contribution is -2.64. The van der Waals surface area contributed by atoms with Gasteiger partial charge in [-0.05, 0) is 13.8 Å². The molecular formula is C13H17N5O4S2. The maximum absolute atomic E-state index is 12.1. The Labute approximate surface area is 146 Å². The molecule has 0 bridgehead atoms. The minimum absolute atomic E-state index is 0.272. The van der Waals surface area contributed by atoms with Crippen LogP contribution in [0.15, 0.2) is 17.8 Å². The number of thioether (sulfide) groups is 2. The van der Waals surface area contributed by atoms with Crippen LogP contribution in [0.4, 0.5) is 0 Å². The van der Waals surface area contributed by atoms with Gasteiger partial charge in [0.05, 0.1) is 22.0 Å². The summed E-state index contributed by atoms with van der Waals surface area (Å²) in [6.07, 6.45) is 2.16. The second-order valence-electron chi connectivity index (χ2n) is 5.68. The number of aliphatic carboxylic acids is 1. The van der Waals surface area contributed by atoms with E-state index in [4.69, 9.17) is 0 Å². The predicted octanol–water partition coefficient (Wildman–Crippen LogP) is -0.0733. The number of fused-ring (bicyclic) bond motifs is 1. The monoisotopic (exact) mass is 371 g/mol. The number of carboxylic acids is 1. The average molecular weight is 371 g/mol. The third kappa shape index (κ3) is 3.03. The van der Waals surface area contributed by atoms with E-state index in [9.17, 15) is 19.8 Å². The molecule has 2 fully saturated rings. The van der Waals surface area contributed by atoms with Crippen molar-refractivity contribution in [3.63, 3.8) is 0 Å². The topological polar surface area (TPSA) is 121 Å². The first kappa shape index (κ1) is 17.2. The molecule has 3 rings (SSSR count). The number of rotatable bonds is 6. The molecule has 0 aliphatic carbocycles. The van der Waals surface area contributed by atoms with Crippen LogP contribution in [0, 0.1) is 5.92 Å². The lowest BCUT2D eigenvalue weighted by Gasteiger charge is -2.44. The van der Waals surface area contributed by atoms with Crippen LogP contribution in [0.3, 0.4) is 0 Å². The van der Waals surface area contributed by atoms with Crippen LogP contribution in [0.5, 0.6) is 0 Å². The molecule has 1 aromatic rings. The van der Waals surface area contributed by atoms with Crippen molar-refractivity contribution in [3.8, 4) is 0 Å². The molecule has 24 heavy (non-hydrogen) atoms. The molecule has 11 heteroatoms. The van der Waals surface area contributed by atoms with E-state index in [2.05, 4.69) is 15.3 Å². The zero-order chi connectivity index (χ0) is 17.4. The second-order valence-corrected chi connectivity index (χ2v) is 8.37. The van der Waals surface area contributed by atoms with Gasteiger partial charge in [0.1, 0.15) is 12.7 Å². The zero-order valence-corrected chi connectivity index (χ0v) is 14.6.